The Morgan fingerprint density at radius 2 is 2.06 bits per heavy atom. The topological polar surface area (TPSA) is 41.5 Å². The molecule has 1 amide bonds. The molecule has 2 rings (SSSR count). The number of amides is 1. The monoisotopic (exact) mass is 244 g/mol. The van der Waals surface area contributed by atoms with Crippen LogP contribution in [-0.4, -0.2) is 12.1 Å². The van der Waals surface area contributed by atoms with Gasteiger partial charge in [-0.15, -0.1) is 11.3 Å². The molecule has 0 unspecified atom stereocenters. The van der Waals surface area contributed by atoms with Crippen LogP contribution in [0.3, 0.4) is 0 Å². The maximum Gasteiger partial charge on any atom is 0.244 e. The highest BCUT2D eigenvalue weighted by Crippen LogP contribution is 2.04. The van der Waals surface area contributed by atoms with E-state index in [1.165, 1.54) is 0 Å². The Balaban J connectivity index is 1.82. The fourth-order valence-electron chi connectivity index (χ4n) is 1.35. The van der Waals surface area contributed by atoms with Gasteiger partial charge in [0.2, 0.25) is 5.91 Å². The summed E-state index contributed by atoms with van der Waals surface area (Å²) in [4.78, 5) is 12.5. The van der Waals surface area contributed by atoms with Gasteiger partial charge in [0, 0.05) is 4.88 Å². The van der Waals surface area contributed by atoms with Gasteiger partial charge >= 0.3 is 0 Å². The first-order valence-electron chi connectivity index (χ1n) is 5.24. The van der Waals surface area contributed by atoms with Crippen molar-refractivity contribution in [1.29, 1.82) is 0 Å². The number of hydrazone groups is 1. The first-order valence-corrected chi connectivity index (χ1v) is 6.12. The molecule has 1 aromatic carbocycles. The van der Waals surface area contributed by atoms with Gasteiger partial charge in [0.25, 0.3) is 0 Å². The minimum atomic E-state index is -0.107. The molecule has 0 bridgehead atoms. The van der Waals surface area contributed by atoms with Crippen LogP contribution in [0.4, 0.5) is 0 Å². The van der Waals surface area contributed by atoms with E-state index in [-0.39, 0.29) is 5.91 Å². The Morgan fingerprint density at radius 3 is 2.76 bits per heavy atom. The second-order valence-corrected chi connectivity index (χ2v) is 4.45. The fraction of sp³-hybridized carbons (Fsp3) is 0.0769. The van der Waals surface area contributed by atoms with E-state index in [4.69, 9.17) is 0 Å². The second-order valence-electron chi connectivity index (χ2n) is 3.47. The standard InChI is InChI=1S/C13H12N2OS/c16-13(9-11-5-2-1-3-6-11)15-14-10-12-7-4-8-17-12/h1-8,10H,9H2,(H,15,16). The van der Waals surface area contributed by atoms with Crippen LogP contribution < -0.4 is 5.43 Å². The molecule has 0 aliphatic heterocycles. The highest BCUT2D eigenvalue weighted by atomic mass is 32.1. The van der Waals surface area contributed by atoms with Crippen molar-refractivity contribution in [2.24, 2.45) is 5.10 Å². The molecule has 0 atom stereocenters. The van der Waals surface area contributed by atoms with Gasteiger partial charge in [-0.3, -0.25) is 4.79 Å². The van der Waals surface area contributed by atoms with Crippen LogP contribution in [0.1, 0.15) is 10.4 Å². The number of hydrogen-bond acceptors (Lipinski definition) is 3. The van der Waals surface area contributed by atoms with Gasteiger partial charge < -0.3 is 0 Å². The molecule has 0 aliphatic rings. The lowest BCUT2D eigenvalue weighted by atomic mass is 10.1. The predicted octanol–water partition coefficient (Wildman–Crippen LogP) is 2.44. The molecule has 86 valence electrons. The molecule has 1 N–H and O–H groups in total. The summed E-state index contributed by atoms with van der Waals surface area (Å²) in [6.07, 6.45) is 2.00. The van der Waals surface area contributed by atoms with Crippen LogP contribution in [0.5, 0.6) is 0 Å². The Morgan fingerprint density at radius 1 is 1.24 bits per heavy atom. The van der Waals surface area contributed by atoms with E-state index in [1.807, 2.05) is 47.8 Å². The zero-order chi connectivity index (χ0) is 11.9. The van der Waals surface area contributed by atoms with Crippen molar-refractivity contribution in [1.82, 2.24) is 5.43 Å². The largest absolute Gasteiger partial charge is 0.273 e. The van der Waals surface area contributed by atoms with Crippen LogP contribution in [0.25, 0.3) is 0 Å². The Hall–Kier alpha value is -1.94. The molecular weight excluding hydrogens is 232 g/mol. The third-order valence-corrected chi connectivity index (χ3v) is 2.94. The Kier molecular flexibility index (Phi) is 4.05. The molecule has 1 heterocycles. The van der Waals surface area contributed by atoms with Crippen LogP contribution >= 0.6 is 11.3 Å². The number of carbonyl (C=O) groups is 1. The molecule has 0 radical (unpaired) electrons. The highest BCUT2D eigenvalue weighted by Gasteiger charge is 2.00. The zero-order valence-corrected chi connectivity index (χ0v) is 9.98. The molecular formula is C13H12N2OS. The summed E-state index contributed by atoms with van der Waals surface area (Å²) in [5.74, 6) is -0.107. The Bertz CT molecular complexity index is 491. The normalized spacial score (nSPS) is 10.6. The summed E-state index contributed by atoms with van der Waals surface area (Å²) in [7, 11) is 0. The molecule has 2 aromatic rings. The molecule has 4 heteroatoms. The number of rotatable bonds is 4. The number of hydrogen-bond donors (Lipinski definition) is 1. The first kappa shape index (κ1) is 11.5. The average molecular weight is 244 g/mol. The number of benzene rings is 1. The number of nitrogens with zero attached hydrogens (tertiary/aromatic N) is 1. The van der Waals surface area contributed by atoms with Crippen LogP contribution in [0.2, 0.25) is 0 Å². The SMILES string of the molecule is O=C(Cc1ccccc1)NN=Cc1cccs1. The third-order valence-electron chi connectivity index (χ3n) is 2.13. The molecule has 0 saturated heterocycles. The third kappa shape index (κ3) is 3.85. The lowest BCUT2D eigenvalue weighted by Crippen LogP contribution is -2.19. The van der Waals surface area contributed by atoms with Crippen molar-refractivity contribution >= 4 is 23.5 Å². The second kappa shape index (κ2) is 5.96. The summed E-state index contributed by atoms with van der Waals surface area (Å²) in [5, 5.41) is 5.86. The fourth-order valence-corrected chi connectivity index (χ4v) is 1.94. The summed E-state index contributed by atoms with van der Waals surface area (Å²) in [6, 6.07) is 13.5. The minimum absolute atomic E-state index is 0.107. The number of carbonyl (C=O) groups excluding carboxylic acids is 1. The predicted molar refractivity (Wildman–Crippen MR) is 70.2 cm³/mol. The smallest absolute Gasteiger partial charge is 0.244 e. The van der Waals surface area contributed by atoms with Gasteiger partial charge in [0.1, 0.15) is 0 Å². The van der Waals surface area contributed by atoms with Gasteiger partial charge in [-0.05, 0) is 17.0 Å². The van der Waals surface area contributed by atoms with Crippen molar-refractivity contribution in [2.45, 2.75) is 6.42 Å². The molecule has 1 aromatic heterocycles. The molecule has 0 spiro atoms. The maximum atomic E-state index is 11.5. The quantitative estimate of drug-likeness (QED) is 0.651. The number of nitrogens with one attached hydrogen (secondary N) is 1. The first-order chi connectivity index (χ1) is 8.34. The average Bonchev–Trinajstić information content (AvgIpc) is 2.83. The van der Waals surface area contributed by atoms with Crippen molar-refractivity contribution in [2.75, 3.05) is 0 Å². The molecule has 0 saturated carbocycles. The van der Waals surface area contributed by atoms with Gasteiger partial charge in [-0.2, -0.15) is 5.10 Å². The van der Waals surface area contributed by atoms with Crippen molar-refractivity contribution in [3.05, 3.63) is 58.3 Å². The summed E-state index contributed by atoms with van der Waals surface area (Å²) < 4.78 is 0. The van der Waals surface area contributed by atoms with Gasteiger partial charge in [-0.25, -0.2) is 5.43 Å². The van der Waals surface area contributed by atoms with Crippen LogP contribution in [-0.2, 0) is 11.2 Å². The van der Waals surface area contributed by atoms with E-state index in [0.29, 0.717) is 6.42 Å². The molecule has 0 fully saturated rings. The maximum absolute atomic E-state index is 11.5. The van der Waals surface area contributed by atoms with E-state index in [0.717, 1.165) is 10.4 Å². The summed E-state index contributed by atoms with van der Waals surface area (Å²) >= 11 is 1.58. The van der Waals surface area contributed by atoms with Crippen molar-refractivity contribution in [3.63, 3.8) is 0 Å². The highest BCUT2D eigenvalue weighted by molar-refractivity contribution is 7.11. The van der Waals surface area contributed by atoms with E-state index < -0.39 is 0 Å². The van der Waals surface area contributed by atoms with Gasteiger partial charge in [-0.1, -0.05) is 36.4 Å². The Labute approximate surface area is 104 Å². The molecule has 3 nitrogen and oxygen atoms in total. The van der Waals surface area contributed by atoms with E-state index >= 15 is 0 Å². The van der Waals surface area contributed by atoms with Gasteiger partial charge in [0.15, 0.2) is 0 Å². The van der Waals surface area contributed by atoms with E-state index in [9.17, 15) is 4.79 Å². The summed E-state index contributed by atoms with van der Waals surface area (Å²) in [5.41, 5.74) is 3.49. The van der Waals surface area contributed by atoms with Crippen molar-refractivity contribution < 1.29 is 4.79 Å². The van der Waals surface area contributed by atoms with E-state index in [2.05, 4.69) is 10.5 Å². The van der Waals surface area contributed by atoms with Crippen LogP contribution in [0, 0.1) is 0 Å². The molecule has 17 heavy (non-hydrogen) atoms. The lowest BCUT2D eigenvalue weighted by Gasteiger charge is -1.99. The minimum Gasteiger partial charge on any atom is -0.273 e. The van der Waals surface area contributed by atoms with Crippen molar-refractivity contribution in [3.8, 4) is 0 Å². The van der Waals surface area contributed by atoms with E-state index in [1.54, 1.807) is 17.6 Å². The molecule has 0 aliphatic carbocycles. The lowest BCUT2D eigenvalue weighted by molar-refractivity contribution is -0.120. The number of thiophene rings is 1. The summed E-state index contributed by atoms with van der Waals surface area (Å²) in [6.45, 7) is 0. The van der Waals surface area contributed by atoms with Crippen LogP contribution in [0.15, 0.2) is 52.9 Å². The zero-order valence-electron chi connectivity index (χ0n) is 9.17. The van der Waals surface area contributed by atoms with Gasteiger partial charge in [0.05, 0.1) is 12.6 Å².